The normalized spacial score (nSPS) is 10.2. The summed E-state index contributed by atoms with van der Waals surface area (Å²) in [4.78, 5) is 23.2. The molecule has 0 bridgehead atoms. The lowest BCUT2D eigenvalue weighted by Gasteiger charge is -2.23. The van der Waals surface area contributed by atoms with Gasteiger partial charge in [-0.05, 0) is 25.0 Å². The predicted octanol–water partition coefficient (Wildman–Crippen LogP) is 2.92. The molecule has 0 aliphatic heterocycles. The molecule has 0 saturated heterocycles. The van der Waals surface area contributed by atoms with Gasteiger partial charge in [0.05, 0.1) is 4.92 Å². The Hall–Kier alpha value is -2.11. The summed E-state index contributed by atoms with van der Waals surface area (Å²) in [7, 11) is 0. The molecule has 104 valence electrons. The van der Waals surface area contributed by atoms with Crippen LogP contribution in [-0.2, 0) is 0 Å². The van der Waals surface area contributed by atoms with E-state index in [2.05, 4.69) is 0 Å². The van der Waals surface area contributed by atoms with Gasteiger partial charge in [-0.15, -0.1) is 0 Å². The van der Waals surface area contributed by atoms with Crippen molar-refractivity contribution in [3.8, 4) is 0 Å². The minimum Gasteiger partial charge on any atom is -0.477 e. The first-order valence-electron chi connectivity index (χ1n) is 6.27. The average Bonchev–Trinajstić information content (AvgIpc) is 2.37. The molecule has 0 amide bonds. The first-order valence-corrected chi connectivity index (χ1v) is 6.27. The Balaban J connectivity index is 3.19. The lowest BCUT2D eigenvalue weighted by atomic mass is 10.1. The maximum absolute atomic E-state index is 11.1. The second kappa shape index (κ2) is 6.72. The van der Waals surface area contributed by atoms with E-state index < -0.39 is 10.9 Å². The van der Waals surface area contributed by atoms with Crippen molar-refractivity contribution < 1.29 is 14.8 Å². The van der Waals surface area contributed by atoms with Crippen LogP contribution in [0.25, 0.3) is 0 Å². The van der Waals surface area contributed by atoms with Gasteiger partial charge < -0.3 is 10.0 Å². The summed E-state index contributed by atoms with van der Waals surface area (Å²) in [6, 6.07) is 4.25. The molecule has 0 atom stereocenters. The van der Waals surface area contributed by atoms with Crippen LogP contribution in [0.3, 0.4) is 0 Å². The van der Waals surface area contributed by atoms with E-state index in [4.69, 9.17) is 5.11 Å². The Morgan fingerprint density at radius 3 is 2.32 bits per heavy atom. The molecule has 0 spiro atoms. The number of aromatic carboxylic acids is 1. The van der Waals surface area contributed by atoms with E-state index in [1.165, 1.54) is 12.1 Å². The molecule has 0 radical (unpaired) electrons. The molecular weight excluding hydrogens is 248 g/mol. The summed E-state index contributed by atoms with van der Waals surface area (Å²) < 4.78 is 0. The molecule has 19 heavy (non-hydrogen) atoms. The smallest absolute Gasteiger partial charge is 0.342 e. The maximum atomic E-state index is 11.1. The Kier molecular flexibility index (Phi) is 5.29. The number of benzene rings is 1. The SMILES string of the molecule is CCCN(CCC)c1ccc([N+](=O)[O-])c(C(=O)O)c1. The molecular formula is C13H18N2O4. The Bertz CT molecular complexity index is 468. The Labute approximate surface area is 111 Å². The number of nitro groups is 1. The Morgan fingerprint density at radius 1 is 1.32 bits per heavy atom. The van der Waals surface area contributed by atoms with E-state index >= 15 is 0 Å². The van der Waals surface area contributed by atoms with Crippen LogP contribution in [0.15, 0.2) is 18.2 Å². The van der Waals surface area contributed by atoms with Crippen LogP contribution < -0.4 is 4.90 Å². The lowest BCUT2D eigenvalue weighted by molar-refractivity contribution is -0.385. The fourth-order valence-corrected chi connectivity index (χ4v) is 1.96. The van der Waals surface area contributed by atoms with Gasteiger partial charge in [-0.3, -0.25) is 10.1 Å². The molecule has 0 heterocycles. The first kappa shape index (κ1) is 14.9. The second-order valence-electron chi connectivity index (χ2n) is 4.25. The molecule has 1 aromatic carbocycles. The zero-order chi connectivity index (χ0) is 14.4. The molecule has 0 aliphatic rings. The molecule has 1 rings (SSSR count). The van der Waals surface area contributed by atoms with Gasteiger partial charge in [-0.1, -0.05) is 13.8 Å². The first-order chi connectivity index (χ1) is 9.01. The van der Waals surface area contributed by atoms with Crippen molar-refractivity contribution in [1.29, 1.82) is 0 Å². The van der Waals surface area contributed by atoms with Crippen LogP contribution in [0.1, 0.15) is 37.0 Å². The summed E-state index contributed by atoms with van der Waals surface area (Å²) >= 11 is 0. The van der Waals surface area contributed by atoms with Gasteiger partial charge >= 0.3 is 5.97 Å². The van der Waals surface area contributed by atoms with Gasteiger partial charge in [0.15, 0.2) is 0 Å². The molecule has 0 aliphatic carbocycles. The molecule has 0 fully saturated rings. The largest absolute Gasteiger partial charge is 0.477 e. The van der Waals surface area contributed by atoms with Gasteiger partial charge in [0.2, 0.25) is 0 Å². The third kappa shape index (κ3) is 3.67. The zero-order valence-electron chi connectivity index (χ0n) is 11.1. The van der Waals surface area contributed by atoms with E-state index in [1.807, 2.05) is 18.7 Å². The summed E-state index contributed by atoms with van der Waals surface area (Å²) in [5.41, 5.74) is 0.0793. The number of rotatable bonds is 7. The van der Waals surface area contributed by atoms with Gasteiger partial charge in [0.1, 0.15) is 5.56 Å². The molecule has 0 unspecified atom stereocenters. The fourth-order valence-electron chi connectivity index (χ4n) is 1.96. The highest BCUT2D eigenvalue weighted by Crippen LogP contribution is 2.25. The second-order valence-corrected chi connectivity index (χ2v) is 4.25. The van der Waals surface area contributed by atoms with E-state index in [1.54, 1.807) is 6.07 Å². The molecule has 6 nitrogen and oxygen atoms in total. The summed E-state index contributed by atoms with van der Waals surface area (Å²) in [6.45, 7) is 5.66. The van der Waals surface area contributed by atoms with Crippen LogP contribution in [-0.4, -0.2) is 29.1 Å². The van der Waals surface area contributed by atoms with Crippen molar-refractivity contribution in [1.82, 2.24) is 0 Å². The van der Waals surface area contributed by atoms with Crippen LogP contribution >= 0.6 is 0 Å². The fraction of sp³-hybridized carbons (Fsp3) is 0.462. The van der Waals surface area contributed by atoms with Crippen molar-refractivity contribution in [2.45, 2.75) is 26.7 Å². The van der Waals surface area contributed by atoms with Crippen molar-refractivity contribution in [3.63, 3.8) is 0 Å². The van der Waals surface area contributed by atoms with Crippen LogP contribution in [0.4, 0.5) is 11.4 Å². The van der Waals surface area contributed by atoms with Gasteiger partial charge in [-0.2, -0.15) is 0 Å². The number of hydrogen-bond donors (Lipinski definition) is 1. The van der Waals surface area contributed by atoms with Crippen molar-refractivity contribution in [3.05, 3.63) is 33.9 Å². The highest BCUT2D eigenvalue weighted by Gasteiger charge is 2.21. The number of nitro benzene ring substituents is 1. The van der Waals surface area contributed by atoms with Crippen LogP contribution in [0.5, 0.6) is 0 Å². The molecule has 0 saturated carbocycles. The zero-order valence-corrected chi connectivity index (χ0v) is 11.1. The summed E-state index contributed by atoms with van der Waals surface area (Å²) in [6.07, 6.45) is 1.86. The minimum absolute atomic E-state index is 0.264. The predicted molar refractivity (Wildman–Crippen MR) is 72.9 cm³/mol. The number of nitrogens with zero attached hydrogens (tertiary/aromatic N) is 2. The van der Waals surface area contributed by atoms with Gasteiger partial charge in [0, 0.05) is 24.8 Å². The van der Waals surface area contributed by atoms with Gasteiger partial charge in [-0.25, -0.2) is 4.79 Å². The molecule has 0 aromatic heterocycles. The quantitative estimate of drug-likeness (QED) is 0.606. The van der Waals surface area contributed by atoms with Gasteiger partial charge in [0.25, 0.3) is 5.69 Å². The van der Waals surface area contributed by atoms with Crippen molar-refractivity contribution >= 4 is 17.3 Å². The maximum Gasteiger partial charge on any atom is 0.342 e. The van der Waals surface area contributed by atoms with Crippen LogP contribution in [0.2, 0.25) is 0 Å². The summed E-state index contributed by atoms with van der Waals surface area (Å²) in [5.74, 6) is -1.28. The standard InChI is InChI=1S/C13H18N2O4/c1-3-7-14(8-4-2)10-5-6-12(15(18)19)11(9-10)13(16)17/h5-6,9H,3-4,7-8H2,1-2H3,(H,16,17). The number of carboxylic acids is 1. The third-order valence-electron chi connectivity index (χ3n) is 2.76. The third-order valence-corrected chi connectivity index (χ3v) is 2.76. The summed E-state index contributed by atoms with van der Waals surface area (Å²) in [5, 5.41) is 19.8. The van der Waals surface area contributed by atoms with Crippen molar-refractivity contribution in [2.75, 3.05) is 18.0 Å². The number of carbonyl (C=O) groups is 1. The van der Waals surface area contributed by atoms with E-state index in [0.29, 0.717) is 5.69 Å². The van der Waals surface area contributed by atoms with Crippen molar-refractivity contribution in [2.24, 2.45) is 0 Å². The van der Waals surface area contributed by atoms with E-state index in [9.17, 15) is 14.9 Å². The van der Waals surface area contributed by atoms with E-state index in [-0.39, 0.29) is 11.3 Å². The molecule has 1 aromatic rings. The topological polar surface area (TPSA) is 83.7 Å². The monoisotopic (exact) mass is 266 g/mol. The average molecular weight is 266 g/mol. The minimum atomic E-state index is -1.28. The number of hydrogen-bond acceptors (Lipinski definition) is 4. The Morgan fingerprint density at radius 2 is 1.89 bits per heavy atom. The molecule has 1 N–H and O–H groups in total. The number of carboxylic acid groups (broad SMARTS) is 1. The highest BCUT2D eigenvalue weighted by atomic mass is 16.6. The number of anilines is 1. The van der Waals surface area contributed by atoms with E-state index in [0.717, 1.165) is 25.9 Å². The molecule has 6 heteroatoms. The highest BCUT2D eigenvalue weighted by molar-refractivity contribution is 5.93. The van der Waals surface area contributed by atoms with Crippen LogP contribution in [0, 0.1) is 10.1 Å². The lowest BCUT2D eigenvalue weighted by Crippen LogP contribution is -2.25.